The molecule has 0 bridgehead atoms. The Morgan fingerprint density at radius 3 is 2.79 bits per heavy atom. The number of nitrogens with one attached hydrogen (secondary N) is 1. The van der Waals surface area contributed by atoms with Crippen LogP contribution in [-0.4, -0.2) is 65.8 Å². The second-order valence-electron chi connectivity index (χ2n) is 7.02. The number of aromatic nitrogens is 2. The normalized spacial score (nSPS) is 25.1. The molecule has 2 amide bonds. The molecule has 1 atom stereocenters. The minimum atomic E-state index is -0.0719. The second-order valence-corrected chi connectivity index (χ2v) is 7.02. The molecule has 0 aliphatic carbocycles. The molecule has 0 radical (unpaired) electrons. The lowest BCUT2D eigenvalue weighted by molar-refractivity contribution is -0.0459. The van der Waals surface area contributed by atoms with Crippen molar-refractivity contribution in [3.8, 4) is 0 Å². The van der Waals surface area contributed by atoms with Crippen LogP contribution >= 0.6 is 0 Å². The van der Waals surface area contributed by atoms with Gasteiger partial charge in [-0.15, -0.1) is 0 Å². The van der Waals surface area contributed by atoms with Crippen LogP contribution in [0.15, 0.2) is 18.5 Å². The highest BCUT2D eigenvalue weighted by Crippen LogP contribution is 2.42. The molecule has 3 aliphatic heterocycles. The van der Waals surface area contributed by atoms with Crippen molar-refractivity contribution in [2.45, 2.75) is 31.3 Å². The third-order valence-corrected chi connectivity index (χ3v) is 5.51. The highest BCUT2D eigenvalue weighted by molar-refractivity contribution is 5.74. The van der Waals surface area contributed by atoms with E-state index in [1.807, 2.05) is 11.0 Å². The molecular weight excluding hydrogens is 306 g/mol. The summed E-state index contributed by atoms with van der Waals surface area (Å²) < 4.78 is 6.08. The Bertz CT molecular complexity index is 570. The van der Waals surface area contributed by atoms with Gasteiger partial charge in [0.1, 0.15) is 5.60 Å². The van der Waals surface area contributed by atoms with Gasteiger partial charge in [0.15, 0.2) is 0 Å². The van der Waals surface area contributed by atoms with Gasteiger partial charge in [-0.3, -0.25) is 0 Å². The number of carbonyl (C=O) groups is 1. The van der Waals surface area contributed by atoms with Crippen molar-refractivity contribution in [2.24, 2.45) is 5.92 Å². The first-order chi connectivity index (χ1) is 11.8. The van der Waals surface area contributed by atoms with E-state index in [1.54, 1.807) is 12.4 Å². The number of anilines is 1. The summed E-state index contributed by atoms with van der Waals surface area (Å²) in [6, 6.07) is 1.92. The minimum Gasteiger partial charge on any atom is -0.371 e. The van der Waals surface area contributed by atoms with E-state index in [0.717, 1.165) is 71.0 Å². The van der Waals surface area contributed by atoms with Crippen LogP contribution in [0.3, 0.4) is 0 Å². The average Bonchev–Trinajstić information content (AvgIpc) is 3.24. The number of carbonyl (C=O) groups excluding carboxylic acids is 1. The smallest absolute Gasteiger partial charge is 0.317 e. The van der Waals surface area contributed by atoms with Gasteiger partial charge in [-0.2, -0.15) is 0 Å². The van der Waals surface area contributed by atoms with Gasteiger partial charge >= 0.3 is 6.03 Å². The third-order valence-electron chi connectivity index (χ3n) is 5.51. The van der Waals surface area contributed by atoms with Crippen LogP contribution in [0, 0.1) is 5.92 Å². The summed E-state index contributed by atoms with van der Waals surface area (Å²) in [5, 5.41) is 3.07. The first-order valence-electron chi connectivity index (χ1n) is 8.96. The first-order valence-corrected chi connectivity index (χ1v) is 8.96. The molecule has 130 valence electrons. The molecule has 0 unspecified atom stereocenters. The zero-order valence-electron chi connectivity index (χ0n) is 14.0. The molecule has 3 saturated heterocycles. The summed E-state index contributed by atoms with van der Waals surface area (Å²) in [5.74, 6) is 1.27. The SMILES string of the molecule is O=C(NCC[C@@H]1CCOC12CN(c1ncccn1)C2)N1CCCC1. The molecule has 1 spiro atoms. The largest absolute Gasteiger partial charge is 0.371 e. The molecule has 1 aromatic heterocycles. The van der Waals surface area contributed by atoms with Gasteiger partial charge in [0.25, 0.3) is 0 Å². The Kier molecular flexibility index (Phi) is 4.26. The lowest BCUT2D eigenvalue weighted by Gasteiger charge is -2.50. The van der Waals surface area contributed by atoms with Crippen LogP contribution < -0.4 is 10.2 Å². The van der Waals surface area contributed by atoms with Crippen LogP contribution in [0.2, 0.25) is 0 Å². The van der Waals surface area contributed by atoms with Crippen LogP contribution in [-0.2, 0) is 4.74 Å². The fraction of sp³-hybridized carbons (Fsp3) is 0.706. The van der Waals surface area contributed by atoms with Gasteiger partial charge in [-0.25, -0.2) is 14.8 Å². The summed E-state index contributed by atoms with van der Waals surface area (Å²) >= 11 is 0. The molecule has 0 saturated carbocycles. The van der Waals surface area contributed by atoms with E-state index in [9.17, 15) is 4.79 Å². The average molecular weight is 331 g/mol. The predicted molar refractivity (Wildman–Crippen MR) is 89.9 cm³/mol. The summed E-state index contributed by atoms with van der Waals surface area (Å²) in [5.41, 5.74) is -0.0719. The van der Waals surface area contributed by atoms with Gasteiger partial charge in [0, 0.05) is 38.6 Å². The third kappa shape index (κ3) is 2.92. The van der Waals surface area contributed by atoms with Crippen molar-refractivity contribution in [3.05, 3.63) is 18.5 Å². The van der Waals surface area contributed by atoms with Crippen molar-refractivity contribution in [3.63, 3.8) is 0 Å². The summed E-state index contributed by atoms with van der Waals surface area (Å²) in [4.78, 5) is 24.8. The standard InChI is InChI=1S/C17H25N5O2/c23-16(21-9-1-2-10-21)20-8-4-14-5-11-24-17(14)12-22(13-17)15-18-6-3-7-19-15/h3,6-7,14H,1-2,4-5,8-13H2,(H,20,23)/t14-/m1/s1. The van der Waals surface area contributed by atoms with E-state index in [-0.39, 0.29) is 11.6 Å². The monoisotopic (exact) mass is 331 g/mol. The molecule has 4 heterocycles. The molecule has 4 rings (SSSR count). The van der Waals surface area contributed by atoms with E-state index in [4.69, 9.17) is 4.74 Å². The Hall–Kier alpha value is -1.89. The highest BCUT2D eigenvalue weighted by atomic mass is 16.5. The van der Waals surface area contributed by atoms with Crippen LogP contribution in [0.1, 0.15) is 25.7 Å². The van der Waals surface area contributed by atoms with Crippen molar-refractivity contribution in [1.82, 2.24) is 20.2 Å². The Balaban J connectivity index is 1.26. The summed E-state index contributed by atoms with van der Waals surface area (Å²) in [7, 11) is 0. The summed E-state index contributed by atoms with van der Waals surface area (Å²) in [6.45, 7) is 5.04. The maximum absolute atomic E-state index is 12.1. The van der Waals surface area contributed by atoms with Crippen molar-refractivity contribution in [2.75, 3.05) is 44.2 Å². The van der Waals surface area contributed by atoms with Crippen LogP contribution in [0.5, 0.6) is 0 Å². The number of ether oxygens (including phenoxy) is 1. The quantitative estimate of drug-likeness (QED) is 0.900. The van der Waals surface area contributed by atoms with Gasteiger partial charge in [-0.1, -0.05) is 0 Å². The van der Waals surface area contributed by atoms with Crippen molar-refractivity contribution >= 4 is 12.0 Å². The molecule has 24 heavy (non-hydrogen) atoms. The van der Waals surface area contributed by atoms with Crippen molar-refractivity contribution < 1.29 is 9.53 Å². The topological polar surface area (TPSA) is 70.6 Å². The minimum absolute atomic E-state index is 0.0719. The lowest BCUT2D eigenvalue weighted by Crippen LogP contribution is -2.65. The molecular formula is C17H25N5O2. The number of urea groups is 1. The van der Waals surface area contributed by atoms with Gasteiger partial charge in [-0.05, 0) is 37.7 Å². The number of hydrogen-bond donors (Lipinski definition) is 1. The molecule has 1 aromatic rings. The molecule has 7 nitrogen and oxygen atoms in total. The first kappa shape index (κ1) is 15.6. The van der Waals surface area contributed by atoms with Crippen LogP contribution in [0.25, 0.3) is 0 Å². The van der Waals surface area contributed by atoms with Gasteiger partial charge in [0.2, 0.25) is 5.95 Å². The van der Waals surface area contributed by atoms with E-state index < -0.39 is 0 Å². The zero-order valence-corrected chi connectivity index (χ0v) is 14.0. The summed E-state index contributed by atoms with van der Waals surface area (Å²) in [6.07, 6.45) is 7.85. The Labute approximate surface area is 142 Å². The van der Waals surface area contributed by atoms with E-state index in [2.05, 4.69) is 20.2 Å². The number of rotatable bonds is 4. The van der Waals surface area contributed by atoms with Gasteiger partial charge in [0.05, 0.1) is 13.1 Å². The molecule has 7 heteroatoms. The molecule has 1 N–H and O–H groups in total. The predicted octanol–water partition coefficient (Wildman–Crippen LogP) is 1.27. The van der Waals surface area contributed by atoms with Gasteiger partial charge < -0.3 is 19.9 Å². The Morgan fingerprint density at radius 1 is 1.29 bits per heavy atom. The fourth-order valence-corrected chi connectivity index (χ4v) is 4.12. The number of hydrogen-bond acceptors (Lipinski definition) is 5. The van der Waals surface area contributed by atoms with E-state index >= 15 is 0 Å². The highest BCUT2D eigenvalue weighted by Gasteiger charge is 2.53. The zero-order chi connectivity index (χ0) is 16.4. The molecule has 3 aliphatic rings. The van der Waals surface area contributed by atoms with E-state index in [0.29, 0.717) is 5.92 Å². The number of nitrogens with zero attached hydrogens (tertiary/aromatic N) is 4. The van der Waals surface area contributed by atoms with E-state index in [1.165, 1.54) is 0 Å². The number of amides is 2. The maximum Gasteiger partial charge on any atom is 0.317 e. The number of likely N-dealkylation sites (tertiary alicyclic amines) is 1. The van der Waals surface area contributed by atoms with Crippen molar-refractivity contribution in [1.29, 1.82) is 0 Å². The lowest BCUT2D eigenvalue weighted by atomic mass is 9.79. The molecule has 0 aromatic carbocycles. The molecule has 3 fully saturated rings. The second kappa shape index (κ2) is 6.55. The Morgan fingerprint density at radius 2 is 2.04 bits per heavy atom. The maximum atomic E-state index is 12.1. The fourth-order valence-electron chi connectivity index (χ4n) is 4.12. The van der Waals surface area contributed by atoms with Crippen LogP contribution in [0.4, 0.5) is 10.7 Å².